The van der Waals surface area contributed by atoms with Gasteiger partial charge in [0, 0.05) is 0 Å². The molecular weight excluding hydrogens is 192 g/mol. The second-order valence-electron chi connectivity index (χ2n) is 3.18. The van der Waals surface area contributed by atoms with E-state index in [0.29, 0.717) is 0 Å². The van der Waals surface area contributed by atoms with Gasteiger partial charge in [0.2, 0.25) is 0 Å². The SMILES string of the molecule is CC(C)C1(C(=O)O)SCCCS1. The number of thioether (sulfide) groups is 2. The van der Waals surface area contributed by atoms with Crippen molar-refractivity contribution in [3.05, 3.63) is 0 Å². The Bertz CT molecular complexity index is 174. The van der Waals surface area contributed by atoms with Gasteiger partial charge in [0.05, 0.1) is 0 Å². The van der Waals surface area contributed by atoms with Crippen molar-refractivity contribution in [1.29, 1.82) is 0 Å². The van der Waals surface area contributed by atoms with Crippen LogP contribution in [0.15, 0.2) is 0 Å². The minimum absolute atomic E-state index is 0.199. The summed E-state index contributed by atoms with van der Waals surface area (Å²) in [4.78, 5) is 11.1. The molecule has 1 saturated heterocycles. The number of rotatable bonds is 2. The van der Waals surface area contributed by atoms with E-state index in [1.807, 2.05) is 13.8 Å². The van der Waals surface area contributed by atoms with E-state index in [2.05, 4.69) is 0 Å². The lowest BCUT2D eigenvalue weighted by Gasteiger charge is -2.35. The molecule has 0 aromatic rings. The van der Waals surface area contributed by atoms with Gasteiger partial charge in [-0.15, -0.1) is 23.5 Å². The van der Waals surface area contributed by atoms with E-state index >= 15 is 0 Å². The van der Waals surface area contributed by atoms with Gasteiger partial charge < -0.3 is 5.11 Å². The van der Waals surface area contributed by atoms with Crippen molar-refractivity contribution in [2.45, 2.75) is 24.3 Å². The van der Waals surface area contributed by atoms with Crippen molar-refractivity contribution >= 4 is 29.5 Å². The second-order valence-corrected chi connectivity index (χ2v) is 6.12. The summed E-state index contributed by atoms with van der Waals surface area (Å²) in [7, 11) is 0. The number of hydrogen-bond acceptors (Lipinski definition) is 3. The first-order chi connectivity index (χ1) is 5.59. The first kappa shape index (κ1) is 10.3. The van der Waals surface area contributed by atoms with Crippen molar-refractivity contribution in [1.82, 2.24) is 0 Å². The van der Waals surface area contributed by atoms with Crippen LogP contribution >= 0.6 is 23.5 Å². The first-order valence-electron chi connectivity index (χ1n) is 4.11. The normalized spacial score (nSPS) is 22.6. The lowest BCUT2D eigenvalue weighted by molar-refractivity contribution is -0.138. The van der Waals surface area contributed by atoms with Gasteiger partial charge in [-0.25, -0.2) is 4.79 Å². The standard InChI is InChI=1S/C8H14O2S2/c1-6(2)8(7(9)10)11-4-3-5-12-8/h6H,3-5H2,1-2H3,(H,9,10). The predicted octanol–water partition coefficient (Wildman–Crippen LogP) is 2.29. The van der Waals surface area contributed by atoms with E-state index in [1.165, 1.54) is 0 Å². The number of carboxylic acids is 1. The molecule has 0 amide bonds. The zero-order valence-corrected chi connectivity index (χ0v) is 9.00. The molecule has 1 aliphatic rings. The van der Waals surface area contributed by atoms with Crippen molar-refractivity contribution in [3.63, 3.8) is 0 Å². The molecule has 0 aromatic carbocycles. The Morgan fingerprint density at radius 3 is 2.17 bits per heavy atom. The Morgan fingerprint density at radius 1 is 1.42 bits per heavy atom. The van der Waals surface area contributed by atoms with Crippen LogP contribution in [0.2, 0.25) is 0 Å². The van der Waals surface area contributed by atoms with Gasteiger partial charge in [-0.3, -0.25) is 0 Å². The molecule has 12 heavy (non-hydrogen) atoms. The van der Waals surface area contributed by atoms with E-state index in [0.717, 1.165) is 17.9 Å². The quantitative estimate of drug-likeness (QED) is 0.752. The van der Waals surface area contributed by atoms with Crippen LogP contribution in [0, 0.1) is 5.92 Å². The summed E-state index contributed by atoms with van der Waals surface area (Å²) in [6, 6.07) is 0. The van der Waals surface area contributed by atoms with Crippen molar-refractivity contribution in [2.24, 2.45) is 5.92 Å². The van der Waals surface area contributed by atoms with Crippen molar-refractivity contribution in [2.75, 3.05) is 11.5 Å². The fraction of sp³-hybridized carbons (Fsp3) is 0.875. The Morgan fingerprint density at radius 2 is 1.92 bits per heavy atom. The highest BCUT2D eigenvalue weighted by molar-refractivity contribution is 8.19. The number of aliphatic carboxylic acids is 1. The van der Waals surface area contributed by atoms with Crippen LogP contribution in [0.1, 0.15) is 20.3 Å². The first-order valence-corrected chi connectivity index (χ1v) is 6.08. The fourth-order valence-electron chi connectivity index (χ4n) is 1.25. The Labute approximate surface area is 81.5 Å². The average molecular weight is 206 g/mol. The van der Waals surface area contributed by atoms with Gasteiger partial charge >= 0.3 is 5.97 Å². The smallest absolute Gasteiger partial charge is 0.330 e. The van der Waals surface area contributed by atoms with Gasteiger partial charge in [-0.1, -0.05) is 13.8 Å². The molecule has 0 spiro atoms. The molecule has 0 unspecified atom stereocenters. The van der Waals surface area contributed by atoms with Crippen LogP contribution in [-0.4, -0.2) is 26.7 Å². The molecule has 1 fully saturated rings. The third-order valence-corrected chi connectivity index (χ3v) is 5.82. The third-order valence-electron chi connectivity index (χ3n) is 1.98. The molecule has 1 aliphatic heterocycles. The molecule has 0 aromatic heterocycles. The summed E-state index contributed by atoms with van der Waals surface area (Å²) in [6.45, 7) is 3.97. The van der Waals surface area contributed by atoms with E-state index < -0.39 is 10.0 Å². The summed E-state index contributed by atoms with van der Waals surface area (Å²) >= 11 is 3.18. The lowest BCUT2D eigenvalue weighted by atomic mass is 10.1. The molecule has 0 aliphatic carbocycles. The Balaban J connectivity index is 2.77. The highest BCUT2D eigenvalue weighted by Crippen LogP contribution is 2.47. The molecule has 2 nitrogen and oxygen atoms in total. The maximum atomic E-state index is 11.1. The summed E-state index contributed by atoms with van der Waals surface area (Å²) in [6.07, 6.45) is 1.14. The zero-order valence-electron chi connectivity index (χ0n) is 7.37. The van der Waals surface area contributed by atoms with Crippen molar-refractivity contribution < 1.29 is 9.90 Å². The van der Waals surface area contributed by atoms with Crippen LogP contribution in [0.5, 0.6) is 0 Å². The molecule has 0 bridgehead atoms. The maximum Gasteiger partial charge on any atom is 0.330 e. The van der Waals surface area contributed by atoms with E-state index in [9.17, 15) is 4.79 Å². The molecule has 0 saturated carbocycles. The zero-order chi connectivity index (χ0) is 9.19. The van der Waals surface area contributed by atoms with Gasteiger partial charge in [-0.2, -0.15) is 0 Å². The molecule has 1 rings (SSSR count). The molecular formula is C8H14O2S2. The topological polar surface area (TPSA) is 37.3 Å². The lowest BCUT2D eigenvalue weighted by Crippen LogP contribution is -2.39. The Hall–Kier alpha value is 0.170. The molecule has 0 atom stereocenters. The third kappa shape index (κ3) is 1.74. The minimum atomic E-state index is -0.660. The molecule has 0 radical (unpaired) electrons. The predicted molar refractivity (Wildman–Crippen MR) is 54.7 cm³/mol. The summed E-state index contributed by atoms with van der Waals surface area (Å²) < 4.78 is -0.571. The highest BCUT2D eigenvalue weighted by atomic mass is 32.2. The monoisotopic (exact) mass is 206 g/mol. The Kier molecular flexibility index (Phi) is 3.35. The summed E-state index contributed by atoms with van der Waals surface area (Å²) in [5.41, 5.74) is 0. The number of hydrogen-bond donors (Lipinski definition) is 1. The van der Waals surface area contributed by atoms with Gasteiger partial charge in [0.15, 0.2) is 4.08 Å². The second kappa shape index (κ2) is 3.92. The van der Waals surface area contributed by atoms with E-state index in [1.54, 1.807) is 23.5 Å². The van der Waals surface area contributed by atoms with Crippen LogP contribution in [0.3, 0.4) is 0 Å². The molecule has 1 N–H and O–H groups in total. The van der Waals surface area contributed by atoms with Crippen LogP contribution < -0.4 is 0 Å². The van der Waals surface area contributed by atoms with Gasteiger partial charge in [0.25, 0.3) is 0 Å². The summed E-state index contributed by atoms with van der Waals surface area (Å²) in [5.74, 6) is 1.51. The molecule has 70 valence electrons. The van der Waals surface area contributed by atoms with E-state index in [-0.39, 0.29) is 5.92 Å². The van der Waals surface area contributed by atoms with E-state index in [4.69, 9.17) is 5.11 Å². The maximum absolute atomic E-state index is 11.1. The summed E-state index contributed by atoms with van der Waals surface area (Å²) in [5, 5.41) is 9.12. The van der Waals surface area contributed by atoms with Crippen molar-refractivity contribution in [3.8, 4) is 0 Å². The fourth-order valence-corrected chi connectivity index (χ4v) is 4.37. The minimum Gasteiger partial charge on any atom is -0.480 e. The van der Waals surface area contributed by atoms with Crippen LogP contribution in [0.4, 0.5) is 0 Å². The average Bonchev–Trinajstić information content (AvgIpc) is 2.05. The number of carboxylic acid groups (broad SMARTS) is 1. The largest absolute Gasteiger partial charge is 0.480 e. The van der Waals surface area contributed by atoms with Gasteiger partial charge in [0.1, 0.15) is 0 Å². The highest BCUT2D eigenvalue weighted by Gasteiger charge is 2.44. The van der Waals surface area contributed by atoms with Crippen LogP contribution in [-0.2, 0) is 4.79 Å². The van der Waals surface area contributed by atoms with Crippen LogP contribution in [0.25, 0.3) is 0 Å². The van der Waals surface area contributed by atoms with Gasteiger partial charge in [-0.05, 0) is 23.8 Å². The molecule has 1 heterocycles. The molecule has 4 heteroatoms. The number of carbonyl (C=O) groups is 1.